The monoisotopic (exact) mass is 348 g/mol. The van der Waals surface area contributed by atoms with Crippen LogP contribution >= 0.6 is 0 Å². The molecular weight excluding hydrogens is 328 g/mol. The van der Waals surface area contributed by atoms with E-state index in [0.717, 1.165) is 22.3 Å². The van der Waals surface area contributed by atoms with E-state index in [4.69, 9.17) is 0 Å². The molecule has 0 N–H and O–H groups in total. The molecule has 2 nitrogen and oxygen atoms in total. The summed E-state index contributed by atoms with van der Waals surface area (Å²) in [5.41, 5.74) is 6.21. The number of benzene rings is 3. The van der Waals surface area contributed by atoms with E-state index in [1.807, 2.05) is 42.6 Å². The van der Waals surface area contributed by atoms with Gasteiger partial charge >= 0.3 is 0 Å². The lowest BCUT2D eigenvalue weighted by Crippen LogP contribution is -1.96. The van der Waals surface area contributed by atoms with Gasteiger partial charge in [-0.25, -0.2) is 0 Å². The van der Waals surface area contributed by atoms with Crippen LogP contribution in [0.2, 0.25) is 0 Å². The molecule has 0 unspecified atom stereocenters. The Morgan fingerprint density at radius 2 is 1.67 bits per heavy atom. The largest absolute Gasteiger partial charge is 0.317 e. The maximum atomic E-state index is 9.76. The number of rotatable bonds is 3. The summed E-state index contributed by atoms with van der Waals surface area (Å²) in [5.74, 6) is 0. The highest BCUT2D eigenvalue weighted by atomic mass is 15.0. The van der Waals surface area contributed by atoms with Gasteiger partial charge in [-0.05, 0) is 77.7 Å². The minimum absolute atomic E-state index is 0.657. The SMILES string of the molecule is Cc1ccc(-n2cccc2/C=C(/C#N)c2ccc3ccccc3c2)cc1C. The second-order valence-electron chi connectivity index (χ2n) is 6.80. The molecule has 27 heavy (non-hydrogen) atoms. The van der Waals surface area contributed by atoms with E-state index in [9.17, 15) is 5.26 Å². The lowest BCUT2D eigenvalue weighted by molar-refractivity contribution is 1.05. The van der Waals surface area contributed by atoms with Crippen LogP contribution in [0.5, 0.6) is 0 Å². The first-order valence-electron chi connectivity index (χ1n) is 9.02. The fourth-order valence-corrected chi connectivity index (χ4v) is 3.31. The fourth-order valence-electron chi connectivity index (χ4n) is 3.31. The van der Waals surface area contributed by atoms with Crippen molar-refractivity contribution < 1.29 is 0 Å². The normalized spacial score (nSPS) is 11.5. The van der Waals surface area contributed by atoms with Gasteiger partial charge in [-0.2, -0.15) is 5.26 Å². The van der Waals surface area contributed by atoms with Gasteiger partial charge in [-0.1, -0.05) is 42.5 Å². The van der Waals surface area contributed by atoms with Crippen LogP contribution in [-0.4, -0.2) is 4.57 Å². The van der Waals surface area contributed by atoms with E-state index in [2.05, 4.69) is 66.9 Å². The molecule has 0 saturated heterocycles. The Morgan fingerprint density at radius 1 is 0.852 bits per heavy atom. The van der Waals surface area contributed by atoms with Crippen molar-refractivity contribution in [1.29, 1.82) is 5.26 Å². The molecule has 4 rings (SSSR count). The summed E-state index contributed by atoms with van der Waals surface area (Å²) in [6.07, 6.45) is 3.99. The Morgan fingerprint density at radius 3 is 2.44 bits per heavy atom. The zero-order valence-corrected chi connectivity index (χ0v) is 15.5. The maximum absolute atomic E-state index is 9.76. The Labute approximate surface area is 159 Å². The van der Waals surface area contributed by atoms with Crippen LogP contribution in [0.15, 0.2) is 79.0 Å². The third-order valence-electron chi connectivity index (χ3n) is 5.02. The summed E-state index contributed by atoms with van der Waals surface area (Å²) in [6.45, 7) is 4.23. The molecule has 0 aliphatic carbocycles. The van der Waals surface area contributed by atoms with Gasteiger partial charge in [0.05, 0.1) is 11.6 Å². The van der Waals surface area contributed by atoms with Gasteiger partial charge in [0.25, 0.3) is 0 Å². The van der Waals surface area contributed by atoms with Crippen LogP contribution < -0.4 is 0 Å². The summed E-state index contributed by atoms with van der Waals surface area (Å²) in [6, 6.07) is 27.2. The van der Waals surface area contributed by atoms with Crippen LogP contribution in [0, 0.1) is 25.2 Å². The molecule has 4 aromatic rings. The molecule has 0 radical (unpaired) electrons. The Hall–Kier alpha value is -3.57. The second kappa shape index (κ2) is 6.97. The van der Waals surface area contributed by atoms with Gasteiger partial charge in [-0.3, -0.25) is 0 Å². The molecule has 0 aliphatic heterocycles. The maximum Gasteiger partial charge on any atom is 0.0998 e. The van der Waals surface area contributed by atoms with Crippen molar-refractivity contribution in [2.24, 2.45) is 0 Å². The minimum atomic E-state index is 0.657. The quantitative estimate of drug-likeness (QED) is 0.399. The minimum Gasteiger partial charge on any atom is -0.317 e. The molecule has 130 valence electrons. The Bertz CT molecular complexity index is 1200. The van der Waals surface area contributed by atoms with E-state index in [1.165, 1.54) is 16.5 Å². The lowest BCUT2D eigenvalue weighted by atomic mass is 10.0. The first kappa shape index (κ1) is 16.9. The summed E-state index contributed by atoms with van der Waals surface area (Å²) in [5, 5.41) is 12.1. The number of aryl methyl sites for hydroxylation is 2. The van der Waals surface area contributed by atoms with E-state index < -0.39 is 0 Å². The highest BCUT2D eigenvalue weighted by Crippen LogP contribution is 2.24. The predicted molar refractivity (Wildman–Crippen MR) is 113 cm³/mol. The molecule has 0 saturated carbocycles. The number of fused-ring (bicyclic) bond motifs is 1. The number of allylic oxidation sites excluding steroid dienone is 1. The smallest absolute Gasteiger partial charge is 0.0998 e. The molecule has 0 amide bonds. The molecule has 0 fully saturated rings. The zero-order valence-electron chi connectivity index (χ0n) is 15.5. The van der Waals surface area contributed by atoms with E-state index in [-0.39, 0.29) is 0 Å². The van der Waals surface area contributed by atoms with Crippen molar-refractivity contribution in [1.82, 2.24) is 4.57 Å². The number of hydrogen-bond acceptors (Lipinski definition) is 1. The summed E-state index contributed by atoms with van der Waals surface area (Å²) >= 11 is 0. The number of hydrogen-bond donors (Lipinski definition) is 0. The first-order chi connectivity index (χ1) is 13.2. The summed E-state index contributed by atoms with van der Waals surface area (Å²) < 4.78 is 2.12. The van der Waals surface area contributed by atoms with E-state index >= 15 is 0 Å². The molecule has 0 aliphatic rings. The molecule has 2 heteroatoms. The Balaban J connectivity index is 1.78. The standard InChI is InChI=1S/C25H20N2/c1-18-9-12-25(14-19(18)2)27-13-5-8-24(27)16-23(17-26)22-11-10-20-6-3-4-7-21(20)15-22/h3-16H,1-2H3/b23-16-. The van der Waals surface area contributed by atoms with Crippen molar-refractivity contribution in [3.05, 3.63) is 101 Å². The highest BCUT2D eigenvalue weighted by molar-refractivity contribution is 5.94. The van der Waals surface area contributed by atoms with Gasteiger partial charge in [0.1, 0.15) is 0 Å². The first-order valence-corrected chi connectivity index (χ1v) is 9.02. The third-order valence-corrected chi connectivity index (χ3v) is 5.02. The Kier molecular flexibility index (Phi) is 4.36. The van der Waals surface area contributed by atoms with Crippen LogP contribution in [0.25, 0.3) is 28.1 Å². The molecule has 0 spiro atoms. The third kappa shape index (κ3) is 3.28. The number of nitrogens with zero attached hydrogens (tertiary/aromatic N) is 2. The summed E-state index contributed by atoms with van der Waals surface area (Å²) in [4.78, 5) is 0. The van der Waals surface area contributed by atoms with Crippen LogP contribution in [0.1, 0.15) is 22.4 Å². The highest BCUT2D eigenvalue weighted by Gasteiger charge is 2.07. The van der Waals surface area contributed by atoms with Crippen LogP contribution in [0.4, 0.5) is 0 Å². The van der Waals surface area contributed by atoms with Gasteiger partial charge in [-0.15, -0.1) is 0 Å². The number of aromatic nitrogens is 1. The zero-order chi connectivity index (χ0) is 18.8. The van der Waals surface area contributed by atoms with E-state index in [0.29, 0.717) is 5.57 Å². The van der Waals surface area contributed by atoms with Gasteiger partial charge < -0.3 is 4.57 Å². The predicted octanol–water partition coefficient (Wildman–Crippen LogP) is 6.31. The van der Waals surface area contributed by atoms with Crippen molar-refractivity contribution >= 4 is 22.4 Å². The molecule has 3 aromatic carbocycles. The molecular formula is C25H20N2. The van der Waals surface area contributed by atoms with Gasteiger partial charge in [0.15, 0.2) is 0 Å². The summed E-state index contributed by atoms with van der Waals surface area (Å²) in [7, 11) is 0. The topological polar surface area (TPSA) is 28.7 Å². The van der Waals surface area contributed by atoms with Crippen molar-refractivity contribution in [2.45, 2.75) is 13.8 Å². The van der Waals surface area contributed by atoms with Crippen LogP contribution in [-0.2, 0) is 0 Å². The molecule has 0 bridgehead atoms. The second-order valence-corrected chi connectivity index (χ2v) is 6.80. The average molecular weight is 348 g/mol. The molecule has 0 atom stereocenters. The van der Waals surface area contributed by atoms with Crippen molar-refractivity contribution in [3.63, 3.8) is 0 Å². The average Bonchev–Trinajstić information content (AvgIpc) is 3.16. The van der Waals surface area contributed by atoms with E-state index in [1.54, 1.807) is 0 Å². The fraction of sp³-hybridized carbons (Fsp3) is 0.0800. The van der Waals surface area contributed by atoms with Crippen LogP contribution in [0.3, 0.4) is 0 Å². The number of nitriles is 1. The van der Waals surface area contributed by atoms with Gasteiger partial charge in [0, 0.05) is 17.6 Å². The van der Waals surface area contributed by atoms with Crippen molar-refractivity contribution in [2.75, 3.05) is 0 Å². The van der Waals surface area contributed by atoms with Gasteiger partial charge in [0.2, 0.25) is 0 Å². The molecule has 1 aromatic heterocycles. The van der Waals surface area contributed by atoms with Crippen molar-refractivity contribution in [3.8, 4) is 11.8 Å². The lowest BCUT2D eigenvalue weighted by Gasteiger charge is -2.10. The molecule has 1 heterocycles.